The Bertz CT molecular complexity index is 2540. The Morgan fingerprint density at radius 1 is 0.365 bits per heavy atom. The van der Waals surface area contributed by atoms with Crippen molar-refractivity contribution in [1.29, 1.82) is 0 Å². The van der Waals surface area contributed by atoms with Gasteiger partial charge in [0, 0.05) is 17.5 Å². The number of unbranched alkanes of at least 4 members (excludes halogenated alkanes) is 12. The van der Waals surface area contributed by atoms with E-state index in [0.29, 0.717) is 71.5 Å². The molecule has 1 aliphatic rings. The summed E-state index contributed by atoms with van der Waals surface area (Å²) in [6.07, 6.45) is 16.4. The molecule has 0 spiro atoms. The van der Waals surface area contributed by atoms with Crippen molar-refractivity contribution in [2.45, 2.75) is 136 Å². The highest BCUT2D eigenvalue weighted by Crippen LogP contribution is 2.48. The number of hydrogen-bond donors (Lipinski definition) is 0. The molecule has 74 heavy (non-hydrogen) atoms. The first-order valence-corrected chi connectivity index (χ1v) is 27.2. The molecule has 0 bridgehead atoms. The number of carbonyl (C=O) groups excluding carboxylic acids is 3. The minimum absolute atomic E-state index is 0.193. The Morgan fingerprint density at radius 2 is 0.689 bits per heavy atom. The molecule has 0 saturated carbocycles. The molecule has 0 aromatic heterocycles. The second-order valence-corrected chi connectivity index (χ2v) is 19.0. The van der Waals surface area contributed by atoms with Gasteiger partial charge in [-0.05, 0) is 158 Å². The summed E-state index contributed by atoms with van der Waals surface area (Å²) in [6.45, 7) is 9.08. The molecule has 0 saturated heterocycles. The van der Waals surface area contributed by atoms with E-state index in [4.69, 9.17) is 33.2 Å². The summed E-state index contributed by atoms with van der Waals surface area (Å²) in [6, 6.07) is 40.8. The Kier molecular flexibility index (Phi) is 21.9. The van der Waals surface area contributed by atoms with Crippen molar-refractivity contribution in [2.75, 3.05) is 26.4 Å². The smallest absolute Gasteiger partial charge is 0.343 e. The van der Waals surface area contributed by atoms with Gasteiger partial charge in [0.25, 0.3) is 0 Å². The van der Waals surface area contributed by atoms with Crippen LogP contribution in [0.5, 0.6) is 34.5 Å². The first kappa shape index (κ1) is 54.7. The quantitative estimate of drug-likeness (QED) is 0.0230. The van der Waals surface area contributed by atoms with Crippen LogP contribution in [0.15, 0.2) is 133 Å². The maximum Gasteiger partial charge on any atom is 0.343 e. The highest BCUT2D eigenvalue weighted by Gasteiger charge is 2.33. The topological polar surface area (TPSA) is 116 Å². The third-order valence-electron chi connectivity index (χ3n) is 13.1. The van der Waals surface area contributed by atoms with Gasteiger partial charge in [0.1, 0.15) is 34.5 Å². The second kappa shape index (κ2) is 29.6. The molecular formula is C64H74O10. The average molecular weight is 1000 g/mol. The van der Waals surface area contributed by atoms with Crippen molar-refractivity contribution in [2.24, 2.45) is 0 Å². The predicted octanol–water partition coefficient (Wildman–Crippen LogP) is 16.3. The van der Waals surface area contributed by atoms with E-state index in [1.807, 2.05) is 36.4 Å². The van der Waals surface area contributed by atoms with Crippen LogP contribution in [0.2, 0.25) is 0 Å². The van der Waals surface area contributed by atoms with E-state index in [0.717, 1.165) is 98.1 Å². The number of ether oxygens (including phenoxy) is 7. The van der Waals surface area contributed by atoms with Gasteiger partial charge >= 0.3 is 17.9 Å². The highest BCUT2D eigenvalue weighted by molar-refractivity contribution is 5.92. The van der Waals surface area contributed by atoms with Gasteiger partial charge in [0.2, 0.25) is 0 Å². The number of carbonyl (C=O) groups is 3. The van der Waals surface area contributed by atoms with E-state index in [2.05, 4.69) is 45.0 Å². The Morgan fingerprint density at radius 3 is 1.07 bits per heavy atom. The van der Waals surface area contributed by atoms with Crippen molar-refractivity contribution in [3.05, 3.63) is 156 Å². The van der Waals surface area contributed by atoms with Gasteiger partial charge in [-0.1, -0.05) is 121 Å². The zero-order valence-corrected chi connectivity index (χ0v) is 43.7. The molecule has 0 N–H and O–H groups in total. The van der Waals surface area contributed by atoms with Crippen LogP contribution < -0.4 is 28.4 Å². The maximum atomic E-state index is 13.7. The van der Waals surface area contributed by atoms with Crippen molar-refractivity contribution in [3.8, 4) is 56.8 Å². The van der Waals surface area contributed by atoms with E-state index in [1.54, 1.807) is 72.8 Å². The van der Waals surface area contributed by atoms with E-state index in [9.17, 15) is 14.4 Å². The van der Waals surface area contributed by atoms with Crippen LogP contribution in [0, 0.1) is 0 Å². The lowest BCUT2D eigenvalue weighted by Crippen LogP contribution is -2.12. The first-order valence-electron chi connectivity index (χ1n) is 27.2. The standard InChI is InChI=1S/C64H74O10/c1-4-7-10-13-18-43-70-51-29-21-47(22-30-51)48-23-31-52(32-24-48)71-44-19-14-15-20-61(65)74-62-59-45-55(72-63(66)49-25-33-53(34-26-49)68-41-16-11-8-5-2)37-39-57(59)58-40-38-56(46-60(58)62)73-64(67)50-27-35-54(36-28-50)69-42-17-12-9-6-3/h21-40,45-46,62H,4-20,41-44H2,1-3H3. The van der Waals surface area contributed by atoms with Crippen molar-refractivity contribution in [3.63, 3.8) is 0 Å². The van der Waals surface area contributed by atoms with Gasteiger partial charge in [-0.25, -0.2) is 9.59 Å². The third kappa shape index (κ3) is 16.7. The van der Waals surface area contributed by atoms with Crippen LogP contribution in [-0.2, 0) is 9.53 Å². The molecule has 10 nitrogen and oxygen atoms in total. The molecule has 0 heterocycles. The minimum Gasteiger partial charge on any atom is -0.494 e. The van der Waals surface area contributed by atoms with Crippen LogP contribution in [0.4, 0.5) is 0 Å². The summed E-state index contributed by atoms with van der Waals surface area (Å²) in [4.78, 5) is 40.4. The van der Waals surface area contributed by atoms with Gasteiger partial charge in [0.05, 0.1) is 37.6 Å². The van der Waals surface area contributed by atoms with Gasteiger partial charge in [-0.15, -0.1) is 0 Å². The van der Waals surface area contributed by atoms with Gasteiger partial charge in [-0.3, -0.25) is 4.79 Å². The zero-order valence-electron chi connectivity index (χ0n) is 43.7. The third-order valence-corrected chi connectivity index (χ3v) is 13.1. The summed E-state index contributed by atoms with van der Waals surface area (Å²) >= 11 is 0. The number of hydrogen-bond acceptors (Lipinski definition) is 10. The maximum absolute atomic E-state index is 13.7. The second-order valence-electron chi connectivity index (χ2n) is 19.0. The number of rotatable bonds is 32. The van der Waals surface area contributed by atoms with Crippen LogP contribution >= 0.6 is 0 Å². The molecule has 10 heteroatoms. The Labute approximate surface area is 438 Å². The first-order chi connectivity index (χ1) is 36.3. The van der Waals surface area contributed by atoms with Gasteiger partial charge in [0.15, 0.2) is 6.10 Å². The molecule has 0 radical (unpaired) electrons. The molecule has 390 valence electrons. The molecule has 0 unspecified atom stereocenters. The SMILES string of the molecule is CCCCCCCOc1ccc(-c2ccc(OCCCCCC(=O)OC3c4cc(OC(=O)c5ccc(OCCCCCC)cc5)ccc4-c4ccc(OC(=O)c5ccc(OCCCCCC)cc5)cc43)cc2)cc1. The van der Waals surface area contributed by atoms with Gasteiger partial charge in [-0.2, -0.15) is 0 Å². The minimum atomic E-state index is -0.838. The van der Waals surface area contributed by atoms with Crippen LogP contribution in [-0.4, -0.2) is 44.3 Å². The summed E-state index contributed by atoms with van der Waals surface area (Å²) in [7, 11) is 0. The molecule has 0 atom stereocenters. The lowest BCUT2D eigenvalue weighted by molar-refractivity contribution is -0.147. The Balaban J connectivity index is 0.937. The molecular weight excluding hydrogens is 929 g/mol. The number of fused-ring (bicyclic) bond motifs is 3. The summed E-state index contributed by atoms with van der Waals surface area (Å²) in [5, 5.41) is 0. The van der Waals surface area contributed by atoms with Gasteiger partial charge < -0.3 is 33.2 Å². The molecule has 6 aromatic rings. The van der Waals surface area contributed by atoms with E-state index in [-0.39, 0.29) is 12.4 Å². The van der Waals surface area contributed by atoms with Crippen LogP contribution in [0.1, 0.15) is 168 Å². The molecule has 6 aromatic carbocycles. The fourth-order valence-corrected chi connectivity index (χ4v) is 8.88. The molecule has 0 fully saturated rings. The van der Waals surface area contributed by atoms with E-state index >= 15 is 0 Å². The summed E-state index contributed by atoms with van der Waals surface area (Å²) < 4.78 is 41.8. The summed E-state index contributed by atoms with van der Waals surface area (Å²) in [5.74, 6) is 2.24. The lowest BCUT2D eigenvalue weighted by Gasteiger charge is -2.16. The van der Waals surface area contributed by atoms with Crippen molar-refractivity contribution < 1.29 is 47.5 Å². The van der Waals surface area contributed by atoms with E-state index < -0.39 is 18.0 Å². The molecule has 0 aliphatic heterocycles. The van der Waals surface area contributed by atoms with Crippen molar-refractivity contribution >= 4 is 17.9 Å². The predicted molar refractivity (Wildman–Crippen MR) is 292 cm³/mol. The Hall–Kier alpha value is -7.07. The molecule has 1 aliphatic carbocycles. The molecule has 7 rings (SSSR count). The normalized spacial score (nSPS) is 11.6. The van der Waals surface area contributed by atoms with Crippen LogP contribution in [0.25, 0.3) is 22.3 Å². The monoisotopic (exact) mass is 1000 g/mol. The largest absolute Gasteiger partial charge is 0.494 e. The average Bonchev–Trinajstić information content (AvgIpc) is 3.72. The highest BCUT2D eigenvalue weighted by atomic mass is 16.6. The molecule has 0 amide bonds. The number of esters is 3. The summed E-state index contributed by atoms with van der Waals surface area (Å²) in [5.41, 5.74) is 5.92. The fraction of sp³-hybridized carbons (Fsp3) is 0.391. The van der Waals surface area contributed by atoms with Crippen molar-refractivity contribution in [1.82, 2.24) is 0 Å². The zero-order chi connectivity index (χ0) is 51.7. The van der Waals surface area contributed by atoms with E-state index in [1.165, 1.54) is 38.5 Å². The fourth-order valence-electron chi connectivity index (χ4n) is 8.88. The lowest BCUT2D eigenvalue weighted by atomic mass is 10.1. The van der Waals surface area contributed by atoms with Crippen LogP contribution in [0.3, 0.4) is 0 Å². The number of benzene rings is 6.